The van der Waals surface area contributed by atoms with E-state index >= 15 is 0 Å². The molecule has 0 aromatic heterocycles. The van der Waals surface area contributed by atoms with Crippen LogP contribution in [0, 0.1) is 0 Å². The summed E-state index contributed by atoms with van der Waals surface area (Å²) in [6.07, 6.45) is 0. The van der Waals surface area contributed by atoms with E-state index in [9.17, 15) is 0 Å². The van der Waals surface area contributed by atoms with Crippen LogP contribution in [-0.2, 0) is 6.54 Å². The average Bonchev–Trinajstić information content (AvgIpc) is 2.17. The van der Waals surface area contributed by atoms with E-state index in [0.717, 1.165) is 12.1 Å². The number of aromatic hydroxyl groups is 1. The van der Waals surface area contributed by atoms with Gasteiger partial charge in [0.15, 0.2) is 0 Å². The number of alkyl halides is 1. The fraction of sp³-hybridized carbons (Fsp3) is 0.500. The van der Waals surface area contributed by atoms with E-state index in [4.69, 9.17) is 16.7 Å². The standard InChI is InChI=1S/C12H18ClNO/c1-9(13)12(2,3)14-8-10-4-6-11(15)7-5-10/h4-7,9,14-15H,8H2,1-3H3. The molecule has 0 fully saturated rings. The summed E-state index contributed by atoms with van der Waals surface area (Å²) in [5, 5.41) is 12.6. The minimum Gasteiger partial charge on any atom is -0.508 e. The van der Waals surface area contributed by atoms with Crippen molar-refractivity contribution >= 4 is 11.6 Å². The van der Waals surface area contributed by atoms with Crippen LogP contribution < -0.4 is 5.32 Å². The van der Waals surface area contributed by atoms with Crippen LogP contribution in [0.2, 0.25) is 0 Å². The van der Waals surface area contributed by atoms with Crippen molar-refractivity contribution in [2.75, 3.05) is 0 Å². The highest BCUT2D eigenvalue weighted by Gasteiger charge is 2.22. The second kappa shape index (κ2) is 4.86. The number of halogens is 1. The minimum absolute atomic E-state index is 0.0645. The zero-order valence-corrected chi connectivity index (χ0v) is 10.2. The zero-order chi connectivity index (χ0) is 11.5. The van der Waals surface area contributed by atoms with Gasteiger partial charge in [-0.05, 0) is 38.5 Å². The van der Waals surface area contributed by atoms with Crippen molar-refractivity contribution in [3.8, 4) is 5.75 Å². The first-order chi connectivity index (χ1) is 6.92. The van der Waals surface area contributed by atoms with Crippen molar-refractivity contribution in [1.82, 2.24) is 5.32 Å². The zero-order valence-electron chi connectivity index (χ0n) is 9.42. The highest BCUT2D eigenvalue weighted by Crippen LogP contribution is 2.16. The summed E-state index contributed by atoms with van der Waals surface area (Å²) in [4.78, 5) is 0. The molecule has 84 valence electrons. The lowest BCUT2D eigenvalue weighted by Gasteiger charge is -2.29. The lowest BCUT2D eigenvalue weighted by Crippen LogP contribution is -2.45. The Morgan fingerprint density at radius 2 is 1.87 bits per heavy atom. The SMILES string of the molecule is CC(Cl)C(C)(C)NCc1ccc(O)cc1. The van der Waals surface area contributed by atoms with Gasteiger partial charge in [0, 0.05) is 17.5 Å². The molecule has 2 nitrogen and oxygen atoms in total. The molecule has 0 aliphatic rings. The van der Waals surface area contributed by atoms with Crippen LogP contribution in [0.15, 0.2) is 24.3 Å². The van der Waals surface area contributed by atoms with Crippen LogP contribution in [0.1, 0.15) is 26.3 Å². The second-order valence-corrected chi connectivity index (χ2v) is 5.01. The van der Waals surface area contributed by atoms with E-state index in [0.29, 0.717) is 5.75 Å². The Labute approximate surface area is 96.3 Å². The summed E-state index contributed by atoms with van der Waals surface area (Å²) in [6.45, 7) is 6.88. The van der Waals surface area contributed by atoms with Crippen LogP contribution in [-0.4, -0.2) is 16.0 Å². The Morgan fingerprint density at radius 1 is 1.33 bits per heavy atom. The molecule has 1 atom stereocenters. The number of rotatable bonds is 4. The minimum atomic E-state index is -0.0978. The number of phenols is 1. The van der Waals surface area contributed by atoms with Gasteiger partial charge in [0.25, 0.3) is 0 Å². The van der Waals surface area contributed by atoms with Gasteiger partial charge in [0.2, 0.25) is 0 Å². The normalized spacial score (nSPS) is 13.9. The number of phenolic OH excluding ortho intramolecular Hbond substituents is 1. The van der Waals surface area contributed by atoms with Gasteiger partial charge in [0.05, 0.1) is 0 Å². The lowest BCUT2D eigenvalue weighted by molar-refractivity contribution is 0.380. The van der Waals surface area contributed by atoms with Gasteiger partial charge in [-0.25, -0.2) is 0 Å². The maximum Gasteiger partial charge on any atom is 0.115 e. The van der Waals surface area contributed by atoms with E-state index in [1.165, 1.54) is 0 Å². The molecular weight excluding hydrogens is 210 g/mol. The van der Waals surface area contributed by atoms with Crippen molar-refractivity contribution < 1.29 is 5.11 Å². The van der Waals surface area contributed by atoms with E-state index in [1.54, 1.807) is 12.1 Å². The monoisotopic (exact) mass is 227 g/mol. The highest BCUT2D eigenvalue weighted by atomic mass is 35.5. The molecule has 15 heavy (non-hydrogen) atoms. The third-order valence-corrected chi connectivity index (χ3v) is 3.22. The van der Waals surface area contributed by atoms with Gasteiger partial charge in [0.1, 0.15) is 5.75 Å². The quantitative estimate of drug-likeness (QED) is 0.776. The van der Waals surface area contributed by atoms with Crippen molar-refractivity contribution in [1.29, 1.82) is 0 Å². The van der Waals surface area contributed by atoms with Crippen LogP contribution >= 0.6 is 11.6 Å². The number of nitrogens with one attached hydrogen (secondary N) is 1. The Kier molecular flexibility index (Phi) is 4.00. The molecule has 0 aliphatic heterocycles. The molecule has 2 N–H and O–H groups in total. The van der Waals surface area contributed by atoms with Gasteiger partial charge in [-0.2, -0.15) is 0 Å². The Morgan fingerprint density at radius 3 is 2.33 bits per heavy atom. The van der Waals surface area contributed by atoms with Gasteiger partial charge in [-0.3, -0.25) is 0 Å². The molecule has 0 amide bonds. The van der Waals surface area contributed by atoms with E-state index in [2.05, 4.69) is 19.2 Å². The van der Waals surface area contributed by atoms with Crippen molar-refractivity contribution in [3.63, 3.8) is 0 Å². The molecule has 1 rings (SSSR count). The molecule has 0 saturated carbocycles. The van der Waals surface area contributed by atoms with E-state index < -0.39 is 0 Å². The molecular formula is C12H18ClNO. The molecule has 0 spiro atoms. The molecule has 0 saturated heterocycles. The molecule has 0 aliphatic carbocycles. The van der Waals surface area contributed by atoms with Gasteiger partial charge in [-0.1, -0.05) is 12.1 Å². The summed E-state index contributed by atoms with van der Waals surface area (Å²) in [5.74, 6) is 0.295. The molecule has 3 heteroatoms. The molecule has 1 aromatic carbocycles. The third-order valence-electron chi connectivity index (χ3n) is 2.68. The molecule has 1 unspecified atom stereocenters. The fourth-order valence-electron chi connectivity index (χ4n) is 1.08. The van der Waals surface area contributed by atoms with Crippen molar-refractivity contribution in [2.24, 2.45) is 0 Å². The van der Waals surface area contributed by atoms with Gasteiger partial charge >= 0.3 is 0 Å². The Hall–Kier alpha value is -0.730. The van der Waals surface area contributed by atoms with Crippen LogP contribution in [0.3, 0.4) is 0 Å². The summed E-state index contributed by atoms with van der Waals surface area (Å²) in [6, 6.07) is 7.18. The van der Waals surface area contributed by atoms with Crippen molar-refractivity contribution in [2.45, 2.75) is 38.2 Å². The number of hydrogen-bond donors (Lipinski definition) is 2. The summed E-state index contributed by atoms with van der Waals surface area (Å²) < 4.78 is 0. The smallest absolute Gasteiger partial charge is 0.115 e. The van der Waals surface area contributed by atoms with Crippen LogP contribution in [0.4, 0.5) is 0 Å². The molecule has 0 bridgehead atoms. The Balaban J connectivity index is 2.54. The number of hydrogen-bond acceptors (Lipinski definition) is 2. The largest absolute Gasteiger partial charge is 0.508 e. The highest BCUT2D eigenvalue weighted by molar-refractivity contribution is 6.21. The first kappa shape index (κ1) is 12.3. The second-order valence-electron chi connectivity index (χ2n) is 4.36. The van der Waals surface area contributed by atoms with Crippen molar-refractivity contribution in [3.05, 3.63) is 29.8 Å². The summed E-state index contributed by atoms with van der Waals surface area (Å²) >= 11 is 6.06. The molecule has 0 heterocycles. The molecule has 0 radical (unpaired) electrons. The lowest BCUT2D eigenvalue weighted by atomic mass is 10.0. The first-order valence-electron chi connectivity index (χ1n) is 5.09. The topological polar surface area (TPSA) is 32.3 Å². The maximum atomic E-state index is 9.13. The van der Waals surface area contributed by atoms with Crippen LogP contribution in [0.5, 0.6) is 5.75 Å². The Bertz CT molecular complexity index is 306. The van der Waals surface area contributed by atoms with Gasteiger partial charge < -0.3 is 10.4 Å². The number of benzene rings is 1. The maximum absolute atomic E-state index is 9.13. The predicted molar refractivity (Wildman–Crippen MR) is 64.3 cm³/mol. The van der Waals surface area contributed by atoms with E-state index in [1.807, 2.05) is 19.1 Å². The third kappa shape index (κ3) is 3.73. The predicted octanol–water partition coefficient (Wildman–Crippen LogP) is 2.89. The average molecular weight is 228 g/mol. The first-order valence-corrected chi connectivity index (χ1v) is 5.52. The summed E-state index contributed by atoms with van der Waals surface area (Å²) in [5.41, 5.74) is 1.04. The van der Waals surface area contributed by atoms with Gasteiger partial charge in [-0.15, -0.1) is 11.6 Å². The van der Waals surface area contributed by atoms with E-state index in [-0.39, 0.29) is 10.9 Å². The molecule has 1 aromatic rings. The van der Waals surface area contributed by atoms with Crippen LogP contribution in [0.25, 0.3) is 0 Å². The fourth-order valence-corrected chi connectivity index (χ4v) is 1.16. The summed E-state index contributed by atoms with van der Waals surface area (Å²) in [7, 11) is 0.